The summed E-state index contributed by atoms with van der Waals surface area (Å²) in [7, 11) is 0. The zero-order valence-corrected chi connectivity index (χ0v) is 18.5. The number of nitrogens with one attached hydrogen (secondary N) is 1. The maximum absolute atomic E-state index is 11.9. The molecule has 9 nitrogen and oxygen atoms in total. The lowest BCUT2D eigenvalue weighted by atomic mass is 9.89. The van der Waals surface area contributed by atoms with Crippen molar-refractivity contribution in [2.75, 3.05) is 18.0 Å². The van der Waals surface area contributed by atoms with Gasteiger partial charge in [-0.3, -0.25) is 25.5 Å². The fourth-order valence-electron chi connectivity index (χ4n) is 4.98. The van der Waals surface area contributed by atoms with E-state index < -0.39 is 6.29 Å². The Morgan fingerprint density at radius 2 is 1.97 bits per heavy atom. The maximum Gasteiger partial charge on any atom is 0.221 e. The van der Waals surface area contributed by atoms with Crippen LogP contribution in [0.15, 0.2) is 66.5 Å². The van der Waals surface area contributed by atoms with Crippen molar-refractivity contribution in [1.82, 2.24) is 20.1 Å². The molecule has 33 heavy (non-hydrogen) atoms. The summed E-state index contributed by atoms with van der Waals surface area (Å²) in [4.78, 5) is 16.3. The second-order valence-corrected chi connectivity index (χ2v) is 8.85. The third kappa shape index (κ3) is 4.18. The first-order valence-corrected chi connectivity index (χ1v) is 11.3. The lowest BCUT2D eigenvalue weighted by molar-refractivity contribution is -0.124. The van der Waals surface area contributed by atoms with Crippen molar-refractivity contribution < 1.29 is 4.79 Å². The van der Waals surface area contributed by atoms with Crippen LogP contribution in [0.5, 0.6) is 0 Å². The molecule has 0 radical (unpaired) electrons. The molecular formula is C24H30N8O. The van der Waals surface area contributed by atoms with E-state index >= 15 is 0 Å². The van der Waals surface area contributed by atoms with E-state index in [4.69, 9.17) is 17.3 Å². The quantitative estimate of drug-likeness (QED) is 0.436. The predicted molar refractivity (Wildman–Crippen MR) is 128 cm³/mol. The number of aromatic nitrogens is 2. The van der Waals surface area contributed by atoms with Crippen molar-refractivity contribution in [2.24, 2.45) is 23.2 Å². The third-order valence-electron chi connectivity index (χ3n) is 6.81. The SMILES string of the molecule is NC(=O)[C@H]1CCC(C2=CCN(c3ccc4cn[nH]c4c3)C(N)N2N)N(Cc2ccccc2)C1. The molecule has 3 atom stereocenters. The number of amides is 1. The lowest BCUT2D eigenvalue weighted by Gasteiger charge is -2.47. The van der Waals surface area contributed by atoms with Gasteiger partial charge in [0.05, 0.1) is 23.7 Å². The Morgan fingerprint density at radius 3 is 2.76 bits per heavy atom. The number of carbonyl (C=O) groups excluding carboxylic acids is 1. The number of piperidine rings is 1. The zero-order valence-electron chi connectivity index (χ0n) is 18.5. The van der Waals surface area contributed by atoms with Crippen LogP contribution in [0.25, 0.3) is 10.9 Å². The highest BCUT2D eigenvalue weighted by Crippen LogP contribution is 2.32. The number of aromatic amines is 1. The molecule has 0 saturated carbocycles. The molecule has 1 aromatic heterocycles. The van der Waals surface area contributed by atoms with Crippen molar-refractivity contribution in [3.05, 3.63) is 72.1 Å². The molecular weight excluding hydrogens is 416 g/mol. The van der Waals surface area contributed by atoms with Crippen molar-refractivity contribution >= 4 is 22.5 Å². The Morgan fingerprint density at radius 1 is 1.15 bits per heavy atom. The molecule has 1 fully saturated rings. The van der Waals surface area contributed by atoms with Gasteiger partial charge >= 0.3 is 0 Å². The number of benzene rings is 2. The summed E-state index contributed by atoms with van der Waals surface area (Å²) in [5.41, 5.74) is 16.4. The van der Waals surface area contributed by atoms with E-state index in [0.29, 0.717) is 13.1 Å². The van der Waals surface area contributed by atoms with Crippen LogP contribution in [0.3, 0.4) is 0 Å². The van der Waals surface area contributed by atoms with Crippen LogP contribution in [0, 0.1) is 5.92 Å². The van der Waals surface area contributed by atoms with Gasteiger partial charge in [-0.15, -0.1) is 0 Å². The first kappa shape index (κ1) is 21.4. The average Bonchev–Trinajstić information content (AvgIpc) is 3.30. The predicted octanol–water partition coefficient (Wildman–Crippen LogP) is 1.45. The normalized spacial score (nSPS) is 24.2. The third-order valence-corrected chi connectivity index (χ3v) is 6.81. The number of fused-ring (bicyclic) bond motifs is 1. The van der Waals surface area contributed by atoms with E-state index in [-0.39, 0.29) is 17.9 Å². The van der Waals surface area contributed by atoms with Gasteiger partial charge in [0.15, 0.2) is 6.29 Å². The van der Waals surface area contributed by atoms with Gasteiger partial charge in [-0.05, 0) is 42.7 Å². The highest BCUT2D eigenvalue weighted by molar-refractivity contribution is 5.82. The van der Waals surface area contributed by atoms with E-state index in [2.05, 4.69) is 38.2 Å². The molecule has 2 aliphatic heterocycles. The van der Waals surface area contributed by atoms with Gasteiger partial charge in [-0.2, -0.15) is 5.10 Å². The summed E-state index contributed by atoms with van der Waals surface area (Å²) < 4.78 is 0. The number of nitrogens with two attached hydrogens (primary N) is 3. The fourth-order valence-corrected chi connectivity index (χ4v) is 4.98. The molecule has 5 rings (SSSR count). The standard InChI is InChI=1S/C24H30N8O/c25-23(33)18-7-9-21(30(15-18)14-16-4-2-1-3-5-16)22-10-11-31(24(26)32(22)27)19-8-6-17-13-28-29-20(17)12-19/h1-6,8,10,12-13,18,21,24H,7,9,11,14-15,26-27H2,(H2,25,33)(H,28,29)/t18-,21?,24?/m0/s1. The zero-order chi connectivity index (χ0) is 22.9. The fraction of sp³-hybridized carbons (Fsp3) is 0.333. The minimum atomic E-state index is -0.516. The van der Waals surface area contributed by atoms with Crippen molar-refractivity contribution in [3.8, 4) is 0 Å². The van der Waals surface area contributed by atoms with Crippen LogP contribution in [0.4, 0.5) is 5.69 Å². The number of hydrogen-bond donors (Lipinski definition) is 4. The van der Waals surface area contributed by atoms with Crippen LogP contribution in [0.2, 0.25) is 0 Å². The molecule has 0 aliphatic carbocycles. The number of H-pyrrole nitrogens is 1. The summed E-state index contributed by atoms with van der Waals surface area (Å²) in [6.07, 6.45) is 4.97. The monoisotopic (exact) mass is 446 g/mol. The Balaban J connectivity index is 1.40. The molecule has 2 aromatic carbocycles. The molecule has 3 heterocycles. The van der Waals surface area contributed by atoms with Gasteiger partial charge in [-0.25, -0.2) is 5.84 Å². The van der Waals surface area contributed by atoms with Gasteiger partial charge in [0.2, 0.25) is 5.91 Å². The van der Waals surface area contributed by atoms with E-state index in [1.807, 2.05) is 36.4 Å². The van der Waals surface area contributed by atoms with Crippen LogP contribution < -0.4 is 22.2 Å². The molecule has 172 valence electrons. The largest absolute Gasteiger partial charge is 0.369 e. The second kappa shape index (κ2) is 8.86. The van der Waals surface area contributed by atoms with Gasteiger partial charge in [-0.1, -0.05) is 30.3 Å². The number of likely N-dealkylation sites (tertiary alicyclic amines) is 1. The summed E-state index contributed by atoms with van der Waals surface area (Å²) in [5.74, 6) is 6.18. The van der Waals surface area contributed by atoms with Gasteiger partial charge in [0.1, 0.15) is 0 Å². The van der Waals surface area contributed by atoms with Crippen LogP contribution >= 0.6 is 0 Å². The number of rotatable bonds is 5. The minimum Gasteiger partial charge on any atom is -0.369 e. The molecule has 2 aliphatic rings. The van der Waals surface area contributed by atoms with Crippen molar-refractivity contribution in [1.29, 1.82) is 0 Å². The number of hydrogen-bond acceptors (Lipinski definition) is 7. The number of nitrogens with zero attached hydrogens (tertiary/aromatic N) is 4. The molecule has 7 N–H and O–H groups in total. The minimum absolute atomic E-state index is 0.0640. The number of carbonyl (C=O) groups is 1. The number of anilines is 1. The molecule has 1 saturated heterocycles. The van der Waals surface area contributed by atoms with Crippen molar-refractivity contribution in [2.45, 2.75) is 31.7 Å². The summed E-state index contributed by atoms with van der Waals surface area (Å²) in [6, 6.07) is 16.4. The Bertz CT molecular complexity index is 1160. The molecule has 1 amide bonds. The van der Waals surface area contributed by atoms with E-state index in [1.165, 1.54) is 5.56 Å². The molecule has 9 heteroatoms. The van der Waals surface area contributed by atoms with Crippen molar-refractivity contribution in [3.63, 3.8) is 0 Å². The van der Waals surface area contributed by atoms with Crippen LogP contribution in [-0.4, -0.2) is 51.4 Å². The van der Waals surface area contributed by atoms with E-state index in [0.717, 1.165) is 41.7 Å². The second-order valence-electron chi connectivity index (χ2n) is 8.85. The van der Waals surface area contributed by atoms with Gasteiger partial charge in [0.25, 0.3) is 0 Å². The Hall–Kier alpha value is -3.40. The maximum atomic E-state index is 11.9. The Labute approximate surface area is 192 Å². The van der Waals surface area contributed by atoms with Crippen LogP contribution in [0.1, 0.15) is 18.4 Å². The number of hydrazine groups is 1. The molecule has 3 aromatic rings. The highest BCUT2D eigenvalue weighted by atomic mass is 16.1. The van der Waals surface area contributed by atoms with Gasteiger partial charge in [0, 0.05) is 36.4 Å². The summed E-state index contributed by atoms with van der Waals surface area (Å²) in [6.45, 7) is 1.96. The van der Waals surface area contributed by atoms with E-state index in [9.17, 15) is 4.79 Å². The van der Waals surface area contributed by atoms with E-state index in [1.54, 1.807) is 11.2 Å². The highest BCUT2D eigenvalue weighted by Gasteiger charge is 2.37. The summed E-state index contributed by atoms with van der Waals surface area (Å²) >= 11 is 0. The Kier molecular flexibility index (Phi) is 5.76. The van der Waals surface area contributed by atoms with Crippen LogP contribution in [-0.2, 0) is 11.3 Å². The van der Waals surface area contributed by atoms with Gasteiger partial charge < -0.3 is 10.6 Å². The topological polar surface area (TPSA) is 134 Å². The smallest absolute Gasteiger partial charge is 0.221 e. The first-order chi connectivity index (χ1) is 16.0. The number of primary amides is 1. The average molecular weight is 447 g/mol. The lowest BCUT2D eigenvalue weighted by Crippen LogP contribution is -2.63. The first-order valence-electron chi connectivity index (χ1n) is 11.3. The molecule has 2 unspecified atom stereocenters. The summed E-state index contributed by atoms with van der Waals surface area (Å²) in [5, 5.41) is 9.81. The molecule has 0 bridgehead atoms. The molecule has 0 spiro atoms.